The molecule has 0 aromatic rings. The molecule has 10 atom stereocenters. The van der Waals surface area contributed by atoms with Gasteiger partial charge in [-0.1, -0.05) is 21.6 Å². The fraction of sp³-hybridized carbons (Fsp3) is 1.00. The predicted molar refractivity (Wildman–Crippen MR) is 82.7 cm³/mol. The summed E-state index contributed by atoms with van der Waals surface area (Å²) in [5.74, 6) is 0. The minimum absolute atomic E-state index is 0.563. The van der Waals surface area contributed by atoms with Crippen molar-refractivity contribution in [1.82, 2.24) is 0 Å². The van der Waals surface area contributed by atoms with Crippen molar-refractivity contribution in [2.45, 2.75) is 59.7 Å². The zero-order valence-electron chi connectivity index (χ0n) is 12.4. The van der Waals surface area contributed by atoms with Crippen LogP contribution < -0.4 is 0 Å². The highest BCUT2D eigenvalue weighted by molar-refractivity contribution is 8.77. The normalized spacial score (nSPS) is 50.0. The number of rotatable bonds is 5. The topological polar surface area (TPSA) is 180 Å². The lowest BCUT2D eigenvalue weighted by Crippen LogP contribution is -2.58. The number of ether oxygens (including phenoxy) is 2. The van der Waals surface area contributed by atoms with E-state index in [4.69, 9.17) is 19.7 Å². The Bertz CT molecular complexity index is 364. The molecule has 142 valence electrons. The van der Waals surface area contributed by atoms with Crippen LogP contribution in [0.2, 0.25) is 0 Å². The Labute approximate surface area is 145 Å². The Kier molecular flexibility index (Phi) is 7.55. The Morgan fingerprint density at radius 1 is 0.542 bits per heavy atom. The Hall–Kier alpha value is 0.300. The van der Waals surface area contributed by atoms with Crippen molar-refractivity contribution >= 4 is 21.6 Å². The summed E-state index contributed by atoms with van der Waals surface area (Å²) < 4.78 is 10.6. The highest BCUT2D eigenvalue weighted by Crippen LogP contribution is 2.41. The molecule has 2 rings (SSSR count). The van der Waals surface area contributed by atoms with Crippen molar-refractivity contribution in [3.05, 3.63) is 0 Å². The molecule has 10 nitrogen and oxygen atoms in total. The van der Waals surface area contributed by atoms with E-state index in [1.54, 1.807) is 0 Å². The molecular weight excluding hydrogens is 368 g/mol. The van der Waals surface area contributed by atoms with Gasteiger partial charge in [0, 0.05) is 0 Å². The highest BCUT2D eigenvalue weighted by Gasteiger charge is 2.47. The van der Waals surface area contributed by atoms with Gasteiger partial charge in [0.25, 0.3) is 0 Å². The van der Waals surface area contributed by atoms with Crippen molar-refractivity contribution in [2.24, 2.45) is 0 Å². The smallest absolute Gasteiger partial charge is 0.142 e. The third-order valence-electron chi connectivity index (χ3n) is 3.94. The van der Waals surface area contributed by atoms with E-state index in [0.717, 1.165) is 21.6 Å². The fourth-order valence-electron chi connectivity index (χ4n) is 2.40. The van der Waals surface area contributed by atoms with Crippen LogP contribution >= 0.6 is 21.6 Å². The van der Waals surface area contributed by atoms with Gasteiger partial charge in [0.15, 0.2) is 0 Å². The minimum Gasteiger partial charge on any atom is -0.394 e. The van der Waals surface area contributed by atoms with Crippen LogP contribution in [0, 0.1) is 0 Å². The van der Waals surface area contributed by atoms with E-state index >= 15 is 0 Å². The van der Waals surface area contributed by atoms with Gasteiger partial charge in [-0.3, -0.25) is 0 Å². The van der Waals surface area contributed by atoms with Gasteiger partial charge in [0.1, 0.15) is 59.7 Å². The van der Waals surface area contributed by atoms with E-state index in [2.05, 4.69) is 0 Å². The number of hydrogen-bond acceptors (Lipinski definition) is 12. The SMILES string of the molecule is OC[C@H]1O[C@H](SS[C@H]2O[C@H](CO)[C@@H](O)[C@H](O)[C@@H]2O)[C@@H](O)[C@@H](O)[C@@H]1O. The molecule has 0 bridgehead atoms. The Balaban J connectivity index is 1.96. The Morgan fingerprint density at radius 2 is 0.875 bits per heavy atom. The minimum atomic E-state index is -1.52. The monoisotopic (exact) mass is 390 g/mol. The lowest BCUT2D eigenvalue weighted by atomic mass is 10.0. The third kappa shape index (κ3) is 4.16. The first-order valence-corrected chi connectivity index (χ1v) is 9.52. The summed E-state index contributed by atoms with van der Waals surface area (Å²) in [6.45, 7) is -1.13. The first kappa shape index (κ1) is 20.6. The van der Waals surface area contributed by atoms with Gasteiger partial charge in [-0.15, -0.1) is 0 Å². The average Bonchev–Trinajstić information content (AvgIpc) is 2.58. The van der Waals surface area contributed by atoms with Crippen molar-refractivity contribution in [2.75, 3.05) is 13.2 Å². The molecule has 24 heavy (non-hydrogen) atoms. The third-order valence-corrected chi connectivity index (χ3v) is 6.68. The van der Waals surface area contributed by atoms with E-state index in [0.29, 0.717) is 0 Å². The first-order chi connectivity index (χ1) is 11.3. The summed E-state index contributed by atoms with van der Waals surface area (Å²) in [6, 6.07) is 0. The van der Waals surface area contributed by atoms with Gasteiger partial charge in [0.2, 0.25) is 0 Å². The molecule has 12 heteroatoms. The van der Waals surface area contributed by atoms with E-state index in [1.807, 2.05) is 0 Å². The van der Waals surface area contributed by atoms with Crippen LogP contribution in [0.4, 0.5) is 0 Å². The lowest BCUT2D eigenvalue weighted by Gasteiger charge is -2.42. The van der Waals surface area contributed by atoms with Crippen LogP contribution in [0.5, 0.6) is 0 Å². The number of aliphatic hydroxyl groups excluding tert-OH is 8. The molecule has 2 heterocycles. The van der Waals surface area contributed by atoms with Gasteiger partial charge in [-0.05, 0) is 0 Å². The van der Waals surface area contributed by atoms with Gasteiger partial charge >= 0.3 is 0 Å². The second-order valence-electron chi connectivity index (χ2n) is 5.59. The molecule has 2 fully saturated rings. The largest absolute Gasteiger partial charge is 0.394 e. The number of aliphatic hydroxyl groups is 8. The zero-order valence-corrected chi connectivity index (χ0v) is 14.0. The molecule has 0 unspecified atom stereocenters. The first-order valence-electron chi connectivity index (χ1n) is 7.25. The van der Waals surface area contributed by atoms with Crippen LogP contribution in [0.25, 0.3) is 0 Å². The van der Waals surface area contributed by atoms with Crippen LogP contribution in [0.1, 0.15) is 0 Å². The zero-order chi connectivity index (χ0) is 18.0. The summed E-state index contributed by atoms with van der Waals surface area (Å²) in [7, 11) is 1.72. The number of hydrogen-bond donors (Lipinski definition) is 8. The average molecular weight is 390 g/mol. The molecule has 2 saturated heterocycles. The molecule has 0 aliphatic carbocycles. The summed E-state index contributed by atoms with van der Waals surface area (Å²) in [5, 5.41) is 76.9. The van der Waals surface area contributed by atoms with Gasteiger partial charge in [-0.2, -0.15) is 0 Å². The molecule has 0 spiro atoms. The van der Waals surface area contributed by atoms with Crippen molar-refractivity contribution in [3.63, 3.8) is 0 Å². The lowest BCUT2D eigenvalue weighted by molar-refractivity contribution is -0.206. The maximum atomic E-state index is 9.93. The standard InChI is InChI=1S/C12H22O10S2/c13-1-3-5(15)7(17)9(19)11(21-3)23-24-12-10(20)8(18)6(16)4(2-14)22-12/h3-20H,1-2H2/t3-,4-,5-,6-,7+,8+,9+,10+,11-,12-/m1/s1. The molecule has 0 saturated carbocycles. The van der Waals surface area contributed by atoms with E-state index in [1.165, 1.54) is 0 Å². The molecule has 2 aliphatic heterocycles. The van der Waals surface area contributed by atoms with Crippen molar-refractivity contribution < 1.29 is 50.3 Å². The van der Waals surface area contributed by atoms with E-state index < -0.39 is 72.9 Å². The highest BCUT2D eigenvalue weighted by atomic mass is 33.1. The molecule has 0 aromatic carbocycles. The molecular formula is C12H22O10S2. The molecule has 0 aromatic heterocycles. The second-order valence-corrected chi connectivity index (χ2v) is 8.06. The van der Waals surface area contributed by atoms with Crippen molar-refractivity contribution in [3.8, 4) is 0 Å². The Morgan fingerprint density at radius 3 is 1.17 bits per heavy atom. The van der Waals surface area contributed by atoms with E-state index in [9.17, 15) is 30.6 Å². The molecule has 0 amide bonds. The van der Waals surface area contributed by atoms with E-state index in [-0.39, 0.29) is 0 Å². The second kappa shape index (κ2) is 8.79. The van der Waals surface area contributed by atoms with Crippen LogP contribution in [-0.2, 0) is 9.47 Å². The maximum absolute atomic E-state index is 9.93. The molecule has 0 radical (unpaired) electrons. The summed E-state index contributed by atoms with van der Waals surface area (Å²) in [6.07, 6.45) is -11.0. The van der Waals surface area contributed by atoms with Gasteiger partial charge in [-0.25, -0.2) is 0 Å². The molecule has 2 aliphatic rings. The quantitative estimate of drug-likeness (QED) is 0.213. The van der Waals surface area contributed by atoms with Gasteiger partial charge in [0.05, 0.1) is 13.2 Å². The van der Waals surface area contributed by atoms with Crippen LogP contribution in [0.15, 0.2) is 0 Å². The summed E-state index contributed by atoms with van der Waals surface area (Å²) in [5.41, 5.74) is -2.09. The van der Waals surface area contributed by atoms with Crippen molar-refractivity contribution in [1.29, 1.82) is 0 Å². The summed E-state index contributed by atoms with van der Waals surface area (Å²) in [4.78, 5) is 0. The van der Waals surface area contributed by atoms with Gasteiger partial charge < -0.3 is 50.3 Å². The maximum Gasteiger partial charge on any atom is 0.142 e. The molecule has 8 N–H and O–H groups in total. The predicted octanol–water partition coefficient (Wildman–Crippen LogP) is -4.03. The fourth-order valence-corrected chi connectivity index (χ4v) is 5.16. The van der Waals surface area contributed by atoms with Crippen LogP contribution in [-0.4, -0.2) is 114 Å². The van der Waals surface area contributed by atoms with Crippen LogP contribution in [0.3, 0.4) is 0 Å². The summed E-state index contributed by atoms with van der Waals surface area (Å²) >= 11 is 0.